The second-order valence-corrected chi connectivity index (χ2v) is 6.58. The molecule has 2 N–H and O–H groups in total. The van der Waals surface area contributed by atoms with Crippen molar-refractivity contribution in [3.05, 3.63) is 57.3 Å². The summed E-state index contributed by atoms with van der Waals surface area (Å²) in [4.78, 5) is 26.1. The number of amides is 1. The Hall–Kier alpha value is -1.98. The van der Waals surface area contributed by atoms with Gasteiger partial charge in [-0.3, -0.25) is 14.5 Å². The molecule has 0 radical (unpaired) electrons. The lowest BCUT2D eigenvalue weighted by atomic mass is 9.93. The molecule has 114 valence electrons. The molecule has 2 aromatic rings. The Bertz CT molecular complexity index is 723. The van der Waals surface area contributed by atoms with Crippen LogP contribution < -0.4 is 5.73 Å². The summed E-state index contributed by atoms with van der Waals surface area (Å²) in [7, 11) is 0. The minimum absolute atomic E-state index is 0.0756. The molecule has 1 aliphatic rings. The van der Waals surface area contributed by atoms with Crippen LogP contribution >= 0.6 is 11.3 Å². The van der Waals surface area contributed by atoms with E-state index in [1.807, 2.05) is 23.6 Å². The lowest BCUT2D eigenvalue weighted by Crippen LogP contribution is -2.47. The van der Waals surface area contributed by atoms with Crippen LogP contribution in [0.15, 0.2) is 35.7 Å². The van der Waals surface area contributed by atoms with Gasteiger partial charge in [-0.2, -0.15) is 0 Å². The van der Waals surface area contributed by atoms with E-state index in [1.165, 1.54) is 22.5 Å². The topological polar surface area (TPSA) is 63.4 Å². The zero-order valence-corrected chi connectivity index (χ0v) is 13.2. The van der Waals surface area contributed by atoms with Crippen molar-refractivity contribution in [2.75, 3.05) is 0 Å². The second kappa shape index (κ2) is 6.02. The van der Waals surface area contributed by atoms with Crippen LogP contribution in [0.2, 0.25) is 0 Å². The normalized spacial score (nSPS) is 18.0. The van der Waals surface area contributed by atoms with E-state index in [0.717, 1.165) is 10.4 Å². The highest BCUT2D eigenvalue weighted by molar-refractivity contribution is 7.12. The SMILES string of the molecule is CC(=O)c1cc(CN2Cc3ccccc3CC2C(N)=O)cs1. The van der Waals surface area contributed by atoms with Gasteiger partial charge in [0.25, 0.3) is 0 Å². The molecule has 1 atom stereocenters. The first kappa shape index (κ1) is 14.9. The number of carbonyl (C=O) groups excluding carboxylic acids is 2. The molecule has 0 fully saturated rings. The van der Waals surface area contributed by atoms with Gasteiger partial charge in [0, 0.05) is 13.1 Å². The number of hydrogen-bond donors (Lipinski definition) is 1. The van der Waals surface area contributed by atoms with Crippen molar-refractivity contribution in [2.24, 2.45) is 5.73 Å². The Morgan fingerprint density at radius 3 is 2.68 bits per heavy atom. The van der Waals surface area contributed by atoms with Crippen molar-refractivity contribution in [3.63, 3.8) is 0 Å². The maximum Gasteiger partial charge on any atom is 0.235 e. The van der Waals surface area contributed by atoms with Gasteiger partial charge < -0.3 is 5.73 Å². The average Bonchev–Trinajstić information content (AvgIpc) is 2.95. The fourth-order valence-corrected chi connectivity index (χ4v) is 3.71. The van der Waals surface area contributed by atoms with E-state index in [2.05, 4.69) is 17.0 Å². The third-order valence-electron chi connectivity index (χ3n) is 4.06. The average molecular weight is 314 g/mol. The number of thiophene rings is 1. The van der Waals surface area contributed by atoms with Crippen LogP contribution in [0.5, 0.6) is 0 Å². The minimum atomic E-state index is -0.296. The molecule has 1 amide bonds. The van der Waals surface area contributed by atoms with Crippen molar-refractivity contribution in [3.8, 4) is 0 Å². The number of benzene rings is 1. The molecule has 4 nitrogen and oxygen atoms in total. The summed E-state index contributed by atoms with van der Waals surface area (Å²) < 4.78 is 0. The second-order valence-electron chi connectivity index (χ2n) is 5.67. The van der Waals surface area contributed by atoms with Crippen LogP contribution in [0.4, 0.5) is 0 Å². The van der Waals surface area contributed by atoms with Crippen molar-refractivity contribution in [1.29, 1.82) is 0 Å². The van der Waals surface area contributed by atoms with Gasteiger partial charge in [0.2, 0.25) is 5.91 Å². The molecular weight excluding hydrogens is 296 g/mol. The van der Waals surface area contributed by atoms with Gasteiger partial charge in [0.15, 0.2) is 5.78 Å². The van der Waals surface area contributed by atoms with Crippen LogP contribution in [0.25, 0.3) is 0 Å². The van der Waals surface area contributed by atoms with Crippen LogP contribution in [0, 0.1) is 0 Å². The van der Waals surface area contributed by atoms with E-state index < -0.39 is 0 Å². The Labute approximate surface area is 133 Å². The quantitative estimate of drug-likeness (QED) is 0.881. The largest absolute Gasteiger partial charge is 0.368 e. The Morgan fingerprint density at radius 2 is 2.05 bits per heavy atom. The molecule has 0 aliphatic carbocycles. The highest BCUT2D eigenvalue weighted by Gasteiger charge is 2.30. The fraction of sp³-hybridized carbons (Fsp3) is 0.294. The molecule has 1 aromatic heterocycles. The summed E-state index contributed by atoms with van der Waals surface area (Å²) in [5.41, 5.74) is 9.08. The number of ketones is 1. The lowest BCUT2D eigenvalue weighted by Gasteiger charge is -2.34. The van der Waals surface area contributed by atoms with Crippen molar-refractivity contribution in [1.82, 2.24) is 4.90 Å². The summed E-state index contributed by atoms with van der Waals surface area (Å²) in [5.74, 6) is -0.219. The van der Waals surface area contributed by atoms with Gasteiger partial charge in [-0.25, -0.2) is 0 Å². The highest BCUT2D eigenvalue weighted by atomic mass is 32.1. The Balaban J connectivity index is 1.84. The summed E-state index contributed by atoms with van der Waals surface area (Å²) in [6, 6.07) is 9.77. The van der Waals surface area contributed by atoms with Crippen LogP contribution in [0.1, 0.15) is 33.3 Å². The van der Waals surface area contributed by atoms with Gasteiger partial charge in [0.1, 0.15) is 0 Å². The smallest absolute Gasteiger partial charge is 0.235 e. The third-order valence-corrected chi connectivity index (χ3v) is 5.14. The number of nitrogens with zero attached hydrogens (tertiary/aromatic N) is 1. The standard InChI is InChI=1S/C17H18N2O2S/c1-11(20)16-6-12(10-22-16)8-19-9-14-5-3-2-4-13(14)7-15(19)17(18)21/h2-6,10,15H,7-9H2,1H3,(H2,18,21). The Kier molecular flexibility index (Phi) is 4.09. The van der Waals surface area contributed by atoms with E-state index in [0.29, 0.717) is 19.5 Å². The first-order chi connectivity index (χ1) is 10.5. The number of fused-ring (bicyclic) bond motifs is 1. The number of rotatable bonds is 4. The molecule has 1 aromatic carbocycles. The van der Waals surface area contributed by atoms with Gasteiger partial charge in [-0.05, 0) is 41.5 Å². The van der Waals surface area contributed by atoms with E-state index in [9.17, 15) is 9.59 Å². The number of nitrogens with two attached hydrogens (primary N) is 1. The molecule has 22 heavy (non-hydrogen) atoms. The molecule has 1 unspecified atom stereocenters. The van der Waals surface area contributed by atoms with E-state index in [-0.39, 0.29) is 17.7 Å². The number of primary amides is 1. The molecule has 0 spiro atoms. The minimum Gasteiger partial charge on any atom is -0.368 e. The van der Waals surface area contributed by atoms with Crippen LogP contribution in [-0.2, 0) is 24.3 Å². The van der Waals surface area contributed by atoms with Crippen LogP contribution in [0.3, 0.4) is 0 Å². The maximum absolute atomic E-state index is 11.8. The van der Waals surface area contributed by atoms with Gasteiger partial charge in [-0.15, -0.1) is 11.3 Å². The summed E-state index contributed by atoms with van der Waals surface area (Å²) >= 11 is 1.45. The first-order valence-electron chi connectivity index (χ1n) is 7.23. The summed E-state index contributed by atoms with van der Waals surface area (Å²) in [6.45, 7) is 2.90. The van der Waals surface area contributed by atoms with E-state index in [1.54, 1.807) is 6.92 Å². The fourth-order valence-electron chi connectivity index (χ4n) is 2.90. The molecule has 0 saturated heterocycles. The molecule has 5 heteroatoms. The Morgan fingerprint density at radius 1 is 1.32 bits per heavy atom. The molecule has 3 rings (SSSR count). The van der Waals surface area contributed by atoms with Gasteiger partial charge in [-0.1, -0.05) is 24.3 Å². The van der Waals surface area contributed by atoms with E-state index in [4.69, 9.17) is 5.73 Å². The number of Topliss-reactive ketones (excluding diaryl/α,β-unsaturated/α-hetero) is 1. The molecule has 0 bridgehead atoms. The van der Waals surface area contributed by atoms with Crippen molar-refractivity contribution >= 4 is 23.0 Å². The predicted molar refractivity (Wildman–Crippen MR) is 86.7 cm³/mol. The molecule has 2 heterocycles. The van der Waals surface area contributed by atoms with Crippen molar-refractivity contribution in [2.45, 2.75) is 32.5 Å². The van der Waals surface area contributed by atoms with Crippen LogP contribution in [-0.4, -0.2) is 22.6 Å². The maximum atomic E-state index is 11.8. The van der Waals surface area contributed by atoms with Gasteiger partial charge in [0.05, 0.1) is 10.9 Å². The third kappa shape index (κ3) is 2.96. The summed E-state index contributed by atoms with van der Waals surface area (Å²) in [5, 5.41) is 1.98. The molecular formula is C17H18N2O2S. The highest BCUT2D eigenvalue weighted by Crippen LogP contribution is 2.26. The predicted octanol–water partition coefficient (Wildman–Crippen LogP) is 2.36. The lowest BCUT2D eigenvalue weighted by molar-refractivity contribution is -0.124. The van der Waals surface area contributed by atoms with E-state index >= 15 is 0 Å². The van der Waals surface area contributed by atoms with Crippen molar-refractivity contribution < 1.29 is 9.59 Å². The molecule has 0 saturated carbocycles. The van der Waals surface area contributed by atoms with Gasteiger partial charge >= 0.3 is 0 Å². The zero-order chi connectivity index (χ0) is 15.7. The monoisotopic (exact) mass is 314 g/mol. The molecule has 1 aliphatic heterocycles. The number of hydrogen-bond acceptors (Lipinski definition) is 4. The zero-order valence-electron chi connectivity index (χ0n) is 12.4. The summed E-state index contributed by atoms with van der Waals surface area (Å²) in [6.07, 6.45) is 0.648. The first-order valence-corrected chi connectivity index (χ1v) is 8.11. The number of carbonyl (C=O) groups is 2.